The number of aromatic nitrogens is 1. The summed E-state index contributed by atoms with van der Waals surface area (Å²) in [5.41, 5.74) is 7.83. The van der Waals surface area contributed by atoms with Gasteiger partial charge in [0.2, 0.25) is 0 Å². The second-order valence-electron chi connectivity index (χ2n) is 7.82. The molecule has 0 N–H and O–H groups in total. The molecular formula is C27H21N. The molecule has 1 aromatic heterocycles. The highest BCUT2D eigenvalue weighted by Crippen LogP contribution is 2.41. The van der Waals surface area contributed by atoms with Crippen LogP contribution in [0.2, 0.25) is 0 Å². The summed E-state index contributed by atoms with van der Waals surface area (Å²) in [5, 5.41) is 2.62. The van der Waals surface area contributed by atoms with Gasteiger partial charge in [0.05, 0.1) is 11.0 Å². The maximum atomic E-state index is 2.38. The molecule has 0 radical (unpaired) electrons. The molecule has 0 unspecified atom stereocenters. The Morgan fingerprint density at radius 1 is 0.571 bits per heavy atom. The number of nitrogens with zero attached hydrogens (tertiary/aromatic N) is 1. The fourth-order valence-electron chi connectivity index (χ4n) is 4.40. The number of benzene rings is 4. The number of hydrogen-bond donors (Lipinski definition) is 0. The van der Waals surface area contributed by atoms with E-state index in [2.05, 4.69) is 102 Å². The summed E-state index contributed by atoms with van der Waals surface area (Å²) >= 11 is 0. The van der Waals surface area contributed by atoms with Crippen LogP contribution in [0, 0.1) is 0 Å². The van der Waals surface area contributed by atoms with Gasteiger partial charge in [-0.25, -0.2) is 0 Å². The summed E-state index contributed by atoms with van der Waals surface area (Å²) in [5.74, 6) is 0.781. The van der Waals surface area contributed by atoms with Gasteiger partial charge in [-0.15, -0.1) is 0 Å². The van der Waals surface area contributed by atoms with Crippen LogP contribution in [0.4, 0.5) is 0 Å². The van der Waals surface area contributed by atoms with Crippen LogP contribution in [0.25, 0.3) is 38.6 Å². The molecule has 1 saturated carbocycles. The lowest BCUT2D eigenvalue weighted by Gasteiger charge is -2.08. The first kappa shape index (κ1) is 15.7. The molecule has 0 saturated heterocycles. The van der Waals surface area contributed by atoms with Crippen molar-refractivity contribution in [1.29, 1.82) is 0 Å². The average molecular weight is 359 g/mol. The Hall–Kier alpha value is -3.32. The average Bonchev–Trinajstić information content (AvgIpc) is 3.56. The van der Waals surface area contributed by atoms with E-state index in [9.17, 15) is 0 Å². The maximum Gasteiger partial charge on any atom is 0.0541 e. The number of rotatable bonds is 3. The Labute approximate surface area is 164 Å². The molecule has 1 heterocycles. The molecule has 28 heavy (non-hydrogen) atoms. The van der Waals surface area contributed by atoms with E-state index >= 15 is 0 Å². The van der Waals surface area contributed by atoms with Crippen molar-refractivity contribution in [2.75, 3.05) is 0 Å². The lowest BCUT2D eigenvalue weighted by Crippen LogP contribution is -1.92. The summed E-state index contributed by atoms with van der Waals surface area (Å²) in [4.78, 5) is 0. The van der Waals surface area contributed by atoms with Gasteiger partial charge < -0.3 is 4.57 Å². The van der Waals surface area contributed by atoms with Gasteiger partial charge in [-0.2, -0.15) is 0 Å². The topological polar surface area (TPSA) is 4.93 Å². The zero-order valence-electron chi connectivity index (χ0n) is 15.7. The molecule has 0 atom stereocenters. The molecular weight excluding hydrogens is 338 g/mol. The Bertz CT molecular complexity index is 1310. The van der Waals surface area contributed by atoms with Gasteiger partial charge in [-0.3, -0.25) is 0 Å². The highest BCUT2D eigenvalue weighted by atomic mass is 15.0. The van der Waals surface area contributed by atoms with E-state index in [4.69, 9.17) is 0 Å². The van der Waals surface area contributed by atoms with Gasteiger partial charge in [0.25, 0.3) is 0 Å². The zero-order valence-corrected chi connectivity index (χ0v) is 15.7. The van der Waals surface area contributed by atoms with E-state index in [1.165, 1.54) is 57.0 Å². The zero-order chi connectivity index (χ0) is 18.5. The number of para-hydroxylation sites is 2. The van der Waals surface area contributed by atoms with Crippen LogP contribution in [0.1, 0.15) is 24.3 Å². The van der Waals surface area contributed by atoms with Crippen LogP contribution in [0.5, 0.6) is 0 Å². The van der Waals surface area contributed by atoms with Crippen LogP contribution in [0.15, 0.2) is 97.1 Å². The molecule has 4 aromatic carbocycles. The molecule has 0 aliphatic heterocycles. The Balaban J connectivity index is 1.60. The van der Waals surface area contributed by atoms with Gasteiger partial charge in [-0.05, 0) is 65.8 Å². The standard InChI is InChI=1S/C27H21N/c1-2-9-23(10-3-1)28-26-12-5-4-11-24(26)25-18-22(15-16-27(25)28)21-8-6-7-20(17-21)19-13-14-19/h1-12,15-19H,13-14H2. The molecule has 0 bridgehead atoms. The molecule has 1 aliphatic rings. The quantitative estimate of drug-likeness (QED) is 0.318. The van der Waals surface area contributed by atoms with Crippen molar-refractivity contribution >= 4 is 21.8 Å². The van der Waals surface area contributed by atoms with Gasteiger partial charge in [0.15, 0.2) is 0 Å². The summed E-state index contributed by atoms with van der Waals surface area (Å²) in [6.45, 7) is 0. The van der Waals surface area contributed by atoms with Crippen LogP contribution in [0.3, 0.4) is 0 Å². The molecule has 5 aromatic rings. The van der Waals surface area contributed by atoms with Crippen LogP contribution in [-0.2, 0) is 0 Å². The fourth-order valence-corrected chi connectivity index (χ4v) is 4.40. The third-order valence-electron chi connectivity index (χ3n) is 5.96. The van der Waals surface area contributed by atoms with Crippen molar-refractivity contribution in [3.8, 4) is 16.8 Å². The molecule has 1 nitrogen and oxygen atoms in total. The summed E-state index contributed by atoms with van der Waals surface area (Å²) < 4.78 is 2.37. The molecule has 1 heteroatoms. The first-order valence-corrected chi connectivity index (χ1v) is 10.1. The second-order valence-corrected chi connectivity index (χ2v) is 7.82. The normalized spacial score (nSPS) is 14.0. The summed E-state index contributed by atoms with van der Waals surface area (Å²) in [7, 11) is 0. The number of fused-ring (bicyclic) bond motifs is 3. The van der Waals surface area contributed by atoms with Crippen molar-refractivity contribution in [1.82, 2.24) is 4.57 Å². The molecule has 0 amide bonds. The minimum absolute atomic E-state index is 0.781. The van der Waals surface area contributed by atoms with Crippen molar-refractivity contribution in [3.63, 3.8) is 0 Å². The van der Waals surface area contributed by atoms with E-state index in [0.29, 0.717) is 0 Å². The predicted molar refractivity (Wildman–Crippen MR) is 118 cm³/mol. The molecule has 6 rings (SSSR count). The first-order valence-electron chi connectivity index (χ1n) is 10.1. The van der Waals surface area contributed by atoms with Crippen molar-refractivity contribution in [2.45, 2.75) is 18.8 Å². The minimum Gasteiger partial charge on any atom is -0.309 e. The SMILES string of the molecule is c1ccc(-n2c3ccccc3c3cc(-c4cccc(C5CC5)c4)ccc32)cc1. The minimum atomic E-state index is 0.781. The van der Waals surface area contributed by atoms with E-state index in [0.717, 1.165) is 5.92 Å². The summed E-state index contributed by atoms with van der Waals surface area (Å²) in [6.07, 6.45) is 2.68. The van der Waals surface area contributed by atoms with E-state index < -0.39 is 0 Å². The molecule has 0 spiro atoms. The monoisotopic (exact) mass is 359 g/mol. The predicted octanol–water partition coefficient (Wildman–Crippen LogP) is 7.33. The first-order chi connectivity index (χ1) is 13.9. The largest absolute Gasteiger partial charge is 0.309 e. The van der Waals surface area contributed by atoms with Crippen molar-refractivity contribution in [2.24, 2.45) is 0 Å². The lowest BCUT2D eigenvalue weighted by molar-refractivity contribution is 1.13. The van der Waals surface area contributed by atoms with Gasteiger partial charge in [-0.1, -0.05) is 66.7 Å². The molecule has 1 aliphatic carbocycles. The van der Waals surface area contributed by atoms with Crippen molar-refractivity contribution < 1.29 is 0 Å². The highest BCUT2D eigenvalue weighted by Gasteiger charge is 2.23. The number of hydrogen-bond acceptors (Lipinski definition) is 0. The Morgan fingerprint density at radius 3 is 2.18 bits per heavy atom. The van der Waals surface area contributed by atoms with Gasteiger partial charge >= 0.3 is 0 Å². The molecule has 1 fully saturated rings. The summed E-state index contributed by atoms with van der Waals surface area (Å²) in [6, 6.07) is 35.4. The van der Waals surface area contributed by atoms with Gasteiger partial charge in [0.1, 0.15) is 0 Å². The van der Waals surface area contributed by atoms with E-state index in [-0.39, 0.29) is 0 Å². The van der Waals surface area contributed by atoms with Gasteiger partial charge in [0, 0.05) is 16.5 Å². The second kappa shape index (κ2) is 6.10. The van der Waals surface area contributed by atoms with Crippen molar-refractivity contribution in [3.05, 3.63) is 103 Å². The van der Waals surface area contributed by atoms with E-state index in [1.54, 1.807) is 0 Å². The molecule has 134 valence electrons. The lowest BCUT2D eigenvalue weighted by atomic mass is 9.99. The highest BCUT2D eigenvalue weighted by molar-refractivity contribution is 6.10. The Kier molecular flexibility index (Phi) is 3.42. The third-order valence-corrected chi connectivity index (χ3v) is 5.96. The fraction of sp³-hybridized carbons (Fsp3) is 0.111. The van der Waals surface area contributed by atoms with Crippen LogP contribution < -0.4 is 0 Å². The smallest absolute Gasteiger partial charge is 0.0541 e. The van der Waals surface area contributed by atoms with E-state index in [1.807, 2.05) is 0 Å². The van der Waals surface area contributed by atoms with Crippen LogP contribution >= 0.6 is 0 Å². The maximum absolute atomic E-state index is 2.38. The third kappa shape index (κ3) is 2.47. The van der Waals surface area contributed by atoms with Crippen LogP contribution in [-0.4, -0.2) is 4.57 Å². The Morgan fingerprint density at radius 2 is 1.32 bits per heavy atom.